The van der Waals surface area contributed by atoms with Gasteiger partial charge in [0.25, 0.3) is 0 Å². The van der Waals surface area contributed by atoms with Crippen LogP contribution in [0.1, 0.15) is 5.56 Å². The summed E-state index contributed by atoms with van der Waals surface area (Å²) in [4.78, 5) is 7.58. The highest BCUT2D eigenvalue weighted by atomic mass is 19.4. The quantitative estimate of drug-likeness (QED) is 0.838. The zero-order valence-electron chi connectivity index (χ0n) is 8.98. The fourth-order valence-electron chi connectivity index (χ4n) is 1.27. The van der Waals surface area contributed by atoms with Crippen LogP contribution in [0.25, 0.3) is 0 Å². The molecule has 0 bridgehead atoms. The number of nitrogen functional groups attached to an aromatic ring is 1. The summed E-state index contributed by atoms with van der Waals surface area (Å²) in [5.41, 5.74) is 4.55. The molecule has 0 aliphatic carbocycles. The van der Waals surface area contributed by atoms with Crippen molar-refractivity contribution in [3.8, 4) is 11.6 Å². The number of hydrogen-bond donors (Lipinski definition) is 1. The second-order valence-corrected chi connectivity index (χ2v) is 3.40. The summed E-state index contributed by atoms with van der Waals surface area (Å²) in [7, 11) is 0. The van der Waals surface area contributed by atoms with Gasteiger partial charge < -0.3 is 10.5 Å². The molecule has 0 aliphatic heterocycles. The van der Waals surface area contributed by atoms with Crippen molar-refractivity contribution in [2.24, 2.45) is 0 Å². The van der Waals surface area contributed by atoms with Gasteiger partial charge in [0.2, 0.25) is 5.88 Å². The monoisotopic (exact) mass is 255 g/mol. The van der Waals surface area contributed by atoms with Crippen LogP contribution in [-0.2, 0) is 6.18 Å². The van der Waals surface area contributed by atoms with E-state index < -0.39 is 11.7 Å². The molecule has 7 heteroatoms. The maximum absolute atomic E-state index is 12.4. The van der Waals surface area contributed by atoms with Gasteiger partial charge in [0, 0.05) is 12.4 Å². The Morgan fingerprint density at radius 1 is 1.17 bits per heavy atom. The Bertz CT molecular complexity index is 543. The van der Waals surface area contributed by atoms with E-state index in [1.165, 1.54) is 18.6 Å². The van der Waals surface area contributed by atoms with Crippen molar-refractivity contribution < 1.29 is 17.9 Å². The first kappa shape index (κ1) is 12.2. The van der Waals surface area contributed by atoms with Gasteiger partial charge in [0.05, 0.1) is 17.4 Å². The Labute approximate surface area is 100 Å². The standard InChI is InChI=1S/C11H8F3N3O/c12-11(13,14)7-1-2-9(8(15)5-7)18-10-6-16-3-4-17-10/h1-6H,15H2. The predicted octanol–water partition coefficient (Wildman–Crippen LogP) is 2.87. The number of ether oxygens (including phenoxy) is 1. The zero-order chi connectivity index (χ0) is 13.2. The van der Waals surface area contributed by atoms with Crippen LogP contribution >= 0.6 is 0 Å². The molecule has 0 aliphatic rings. The molecule has 0 saturated heterocycles. The minimum absolute atomic E-state index is 0.100. The van der Waals surface area contributed by atoms with Crippen LogP contribution in [-0.4, -0.2) is 9.97 Å². The van der Waals surface area contributed by atoms with E-state index in [2.05, 4.69) is 9.97 Å². The molecule has 2 N–H and O–H groups in total. The van der Waals surface area contributed by atoms with Crippen molar-refractivity contribution >= 4 is 5.69 Å². The van der Waals surface area contributed by atoms with Gasteiger partial charge >= 0.3 is 6.18 Å². The van der Waals surface area contributed by atoms with Crippen molar-refractivity contribution in [3.63, 3.8) is 0 Å². The minimum atomic E-state index is -4.43. The lowest BCUT2D eigenvalue weighted by molar-refractivity contribution is -0.137. The molecule has 0 atom stereocenters. The van der Waals surface area contributed by atoms with Gasteiger partial charge in [-0.3, -0.25) is 4.98 Å². The van der Waals surface area contributed by atoms with Crippen molar-refractivity contribution in [3.05, 3.63) is 42.4 Å². The van der Waals surface area contributed by atoms with Gasteiger partial charge in [0.15, 0.2) is 5.75 Å². The summed E-state index contributed by atoms with van der Waals surface area (Å²) in [6.45, 7) is 0. The molecule has 0 spiro atoms. The number of rotatable bonds is 2. The number of nitrogens with two attached hydrogens (primary N) is 1. The molecule has 0 fully saturated rings. The lowest BCUT2D eigenvalue weighted by atomic mass is 10.2. The van der Waals surface area contributed by atoms with Gasteiger partial charge in [-0.05, 0) is 18.2 Å². The topological polar surface area (TPSA) is 61.0 Å². The van der Waals surface area contributed by atoms with E-state index in [-0.39, 0.29) is 17.3 Å². The number of hydrogen-bond acceptors (Lipinski definition) is 4. The molecule has 2 rings (SSSR count). The Morgan fingerprint density at radius 3 is 2.50 bits per heavy atom. The number of alkyl halides is 3. The average Bonchev–Trinajstić information content (AvgIpc) is 2.32. The van der Waals surface area contributed by atoms with Gasteiger partial charge in [-0.2, -0.15) is 13.2 Å². The van der Waals surface area contributed by atoms with E-state index in [0.717, 1.165) is 18.2 Å². The Morgan fingerprint density at radius 2 is 1.94 bits per heavy atom. The van der Waals surface area contributed by atoms with Gasteiger partial charge in [-0.15, -0.1) is 0 Å². The molecule has 0 radical (unpaired) electrons. The largest absolute Gasteiger partial charge is 0.435 e. The second-order valence-electron chi connectivity index (χ2n) is 3.40. The van der Waals surface area contributed by atoms with Crippen molar-refractivity contribution in [2.75, 3.05) is 5.73 Å². The molecule has 0 unspecified atom stereocenters. The second kappa shape index (κ2) is 4.52. The molecular formula is C11H8F3N3O. The van der Waals surface area contributed by atoms with E-state index in [9.17, 15) is 13.2 Å². The fraction of sp³-hybridized carbons (Fsp3) is 0.0909. The molecule has 0 saturated carbocycles. The zero-order valence-corrected chi connectivity index (χ0v) is 8.98. The molecular weight excluding hydrogens is 247 g/mol. The van der Waals surface area contributed by atoms with Gasteiger partial charge in [0.1, 0.15) is 0 Å². The number of anilines is 1. The maximum atomic E-state index is 12.4. The molecule has 94 valence electrons. The number of nitrogens with zero attached hydrogens (tertiary/aromatic N) is 2. The summed E-state index contributed by atoms with van der Waals surface area (Å²) < 4.78 is 42.4. The average molecular weight is 255 g/mol. The first-order valence-corrected chi connectivity index (χ1v) is 4.87. The summed E-state index contributed by atoms with van der Waals surface area (Å²) in [6.07, 6.45) is -0.255. The van der Waals surface area contributed by atoms with E-state index in [1.807, 2.05) is 0 Å². The van der Waals surface area contributed by atoms with Crippen LogP contribution in [0.3, 0.4) is 0 Å². The van der Waals surface area contributed by atoms with Crippen LogP contribution in [0.4, 0.5) is 18.9 Å². The molecule has 1 aromatic carbocycles. The SMILES string of the molecule is Nc1cc(C(F)(F)F)ccc1Oc1cnccn1. The van der Waals surface area contributed by atoms with Crippen LogP contribution in [0, 0.1) is 0 Å². The highest BCUT2D eigenvalue weighted by molar-refractivity contribution is 5.55. The third-order valence-electron chi connectivity index (χ3n) is 2.09. The van der Waals surface area contributed by atoms with Crippen LogP contribution in [0.5, 0.6) is 11.6 Å². The lowest BCUT2D eigenvalue weighted by Gasteiger charge is -2.10. The normalized spacial score (nSPS) is 11.3. The Balaban J connectivity index is 2.26. The van der Waals surface area contributed by atoms with E-state index in [0.29, 0.717) is 0 Å². The van der Waals surface area contributed by atoms with E-state index >= 15 is 0 Å². The van der Waals surface area contributed by atoms with Gasteiger partial charge in [-0.25, -0.2) is 4.98 Å². The molecule has 2 aromatic rings. The maximum Gasteiger partial charge on any atom is 0.416 e. The summed E-state index contributed by atoms with van der Waals surface area (Å²) in [6, 6.07) is 2.85. The molecule has 0 amide bonds. The first-order valence-electron chi connectivity index (χ1n) is 4.87. The van der Waals surface area contributed by atoms with E-state index in [1.54, 1.807) is 0 Å². The predicted molar refractivity (Wildman–Crippen MR) is 58.0 cm³/mol. The van der Waals surface area contributed by atoms with Gasteiger partial charge in [-0.1, -0.05) is 0 Å². The van der Waals surface area contributed by atoms with Crippen LogP contribution in [0.15, 0.2) is 36.8 Å². The smallest absolute Gasteiger partial charge is 0.416 e. The van der Waals surface area contributed by atoms with Crippen molar-refractivity contribution in [1.29, 1.82) is 0 Å². The number of benzene rings is 1. The Kier molecular flexibility index (Phi) is 3.05. The van der Waals surface area contributed by atoms with E-state index in [4.69, 9.17) is 10.5 Å². The summed E-state index contributed by atoms with van der Waals surface area (Å²) >= 11 is 0. The highest BCUT2D eigenvalue weighted by Crippen LogP contribution is 2.34. The highest BCUT2D eigenvalue weighted by Gasteiger charge is 2.30. The third-order valence-corrected chi connectivity index (χ3v) is 2.09. The Hall–Kier alpha value is -2.31. The van der Waals surface area contributed by atoms with Crippen LogP contribution < -0.4 is 10.5 Å². The third kappa shape index (κ3) is 2.68. The number of halogens is 3. The molecule has 18 heavy (non-hydrogen) atoms. The van der Waals surface area contributed by atoms with Crippen LogP contribution in [0.2, 0.25) is 0 Å². The minimum Gasteiger partial charge on any atom is -0.435 e. The molecule has 4 nitrogen and oxygen atoms in total. The lowest BCUT2D eigenvalue weighted by Crippen LogP contribution is -2.06. The number of aromatic nitrogens is 2. The van der Waals surface area contributed by atoms with Crippen molar-refractivity contribution in [1.82, 2.24) is 9.97 Å². The summed E-state index contributed by atoms with van der Waals surface area (Å²) in [5.74, 6) is 0.257. The first-order chi connectivity index (χ1) is 8.47. The summed E-state index contributed by atoms with van der Waals surface area (Å²) in [5, 5.41) is 0. The van der Waals surface area contributed by atoms with Crippen molar-refractivity contribution in [2.45, 2.75) is 6.18 Å². The molecule has 1 aromatic heterocycles. The fourth-order valence-corrected chi connectivity index (χ4v) is 1.27. The molecule has 1 heterocycles.